The highest BCUT2D eigenvalue weighted by Gasteiger charge is 2.48. The van der Waals surface area contributed by atoms with E-state index in [2.05, 4.69) is 37.2 Å². The third-order valence-corrected chi connectivity index (χ3v) is 19.5. The van der Waals surface area contributed by atoms with Gasteiger partial charge in [-0.1, -0.05) is 79.9 Å². The second-order valence-corrected chi connectivity index (χ2v) is 26.8. The molecular formula is C74H96FN11O13. The summed E-state index contributed by atoms with van der Waals surface area (Å²) in [4.78, 5) is 145. The van der Waals surface area contributed by atoms with Crippen molar-refractivity contribution in [1.82, 2.24) is 56.5 Å². The van der Waals surface area contributed by atoms with Gasteiger partial charge in [-0.3, -0.25) is 43.2 Å². The van der Waals surface area contributed by atoms with Crippen LogP contribution in [0.5, 0.6) is 5.75 Å². The molecule has 5 aromatic rings. The Morgan fingerprint density at radius 2 is 1.49 bits per heavy atom. The number of ether oxygens (including phenoxy) is 2. The lowest BCUT2D eigenvalue weighted by Gasteiger charge is -2.36. The van der Waals surface area contributed by atoms with Crippen LogP contribution in [0.3, 0.4) is 0 Å². The number of rotatable bonds is 15. The Balaban J connectivity index is 0.909. The number of methoxy groups -OCH3 is 1. The van der Waals surface area contributed by atoms with Gasteiger partial charge in [0, 0.05) is 88.6 Å². The minimum Gasteiger partial charge on any atom is -0.497 e. The van der Waals surface area contributed by atoms with Gasteiger partial charge in [0.05, 0.1) is 25.4 Å². The highest BCUT2D eigenvalue weighted by atomic mass is 19.1. The second-order valence-electron chi connectivity index (χ2n) is 26.8. The van der Waals surface area contributed by atoms with Crippen molar-refractivity contribution in [1.29, 1.82) is 0 Å². The minimum absolute atomic E-state index is 0.0293. The van der Waals surface area contributed by atoms with Crippen molar-refractivity contribution < 1.29 is 66.9 Å². The monoisotopic (exact) mass is 1370 g/mol. The van der Waals surface area contributed by atoms with Gasteiger partial charge in [-0.25, -0.2) is 4.39 Å². The van der Waals surface area contributed by atoms with Crippen LogP contribution in [0.25, 0.3) is 10.9 Å². The van der Waals surface area contributed by atoms with Crippen molar-refractivity contribution in [3.8, 4) is 5.75 Å². The maximum absolute atomic E-state index is 15.5. The summed E-state index contributed by atoms with van der Waals surface area (Å²) in [6.07, 6.45) is 6.44. The van der Waals surface area contributed by atoms with Gasteiger partial charge >= 0.3 is 0 Å². The number of carbonyl (C=O) groups excluding carboxylic acids is 10. The maximum atomic E-state index is 15.5. The van der Waals surface area contributed by atoms with Crippen molar-refractivity contribution in [3.05, 3.63) is 136 Å². The number of aldehydes is 1. The number of halogens is 1. The Morgan fingerprint density at radius 3 is 2.23 bits per heavy atom. The summed E-state index contributed by atoms with van der Waals surface area (Å²) in [6, 6.07) is 19.6. The molecule has 2 fully saturated rings. The summed E-state index contributed by atoms with van der Waals surface area (Å²) in [5.41, 5.74) is 4.24. The van der Waals surface area contributed by atoms with E-state index in [1.165, 1.54) is 30.9 Å². The van der Waals surface area contributed by atoms with E-state index in [9.17, 15) is 43.5 Å². The van der Waals surface area contributed by atoms with E-state index in [1.807, 2.05) is 71.1 Å². The van der Waals surface area contributed by atoms with E-state index < -0.39 is 102 Å². The predicted octanol–water partition coefficient (Wildman–Crippen LogP) is 4.15. The summed E-state index contributed by atoms with van der Waals surface area (Å²) in [7, 11) is 3.36. The SMILES string of the molecule is CN[C@@H](Cc1ccc(OC)cc1)C(=O)N1CCC[C@@]1(C)C(=O)NCCc1ccc(CN2CCCCCCn3cc(c4cc(F)ccc43)C[C@@H]3NC(=O)[C@H](Cc4cccc(c4)CNC(=O)COC4CCN(C3=O)[C@@H]4C(=O)N[C@H](C=O)[C@@H](C)O)NC(=O)[C@@H](C)NC(=O)CCCCCC2=O)cc1. The van der Waals surface area contributed by atoms with Crippen molar-refractivity contribution >= 4 is 70.4 Å². The standard InChI is InChI=1S/C74H96FN11O13/c1-47-68(92)80-58-39-52-15-13-16-53(37-52)42-78-65(90)46-99-63-30-36-85(67(63)70(94)82-61(45-87)48(2)88)71(95)60(81-69(58)93)40-54-44-83(62-28-25-55(75)41-57(54)62)33-11-6-7-12-34-84(66(91)18-10-8-9-17-64(89)79-47)43-51-21-19-49(20-22-51)29-32-77-73(97)74(3)31-14-35-86(74)72(96)59(76-4)38-50-23-26-56(98-5)27-24-50/h13,15-16,19-28,37,41,44-45,47-48,58-61,63,67,76,88H,6-12,14,17-18,29-36,38-40,42-43,46H2,1-5H3,(H,77,97)(H,78,90)(H,79,89)(H,80,92)(H,81,93)(H,82,94)/t47-,48-,58+,59+,60+,61-,63?,67+,74+/m1/s1. The molecule has 1 aromatic heterocycles. The number of hydrogen-bond acceptors (Lipinski definition) is 14. The number of fused-ring (bicyclic) bond motifs is 12. The lowest BCUT2D eigenvalue weighted by Crippen LogP contribution is -2.60. The number of aliphatic hydroxyl groups excluding tert-OH is 1. The number of nitrogens with one attached hydrogen (secondary N) is 7. The Labute approximate surface area is 577 Å². The number of likely N-dealkylation sites (tertiary alicyclic amines) is 1. The molecule has 4 aliphatic rings. The highest BCUT2D eigenvalue weighted by Crippen LogP contribution is 2.32. The first-order valence-electron chi connectivity index (χ1n) is 34.8. The van der Waals surface area contributed by atoms with Gasteiger partial charge in [0.2, 0.25) is 53.2 Å². The topological polar surface area (TPSA) is 308 Å². The molecule has 8 N–H and O–H groups in total. The van der Waals surface area contributed by atoms with Gasteiger partial charge in [0.1, 0.15) is 60.2 Å². The third kappa shape index (κ3) is 19.7. The Bertz CT molecular complexity index is 3680. The largest absolute Gasteiger partial charge is 0.497 e. The molecule has 0 saturated carbocycles. The summed E-state index contributed by atoms with van der Waals surface area (Å²) < 4.78 is 28.8. The van der Waals surface area contributed by atoms with Crippen LogP contribution in [-0.2, 0) is 98.0 Å². The molecule has 2 saturated heterocycles. The third-order valence-electron chi connectivity index (χ3n) is 19.5. The summed E-state index contributed by atoms with van der Waals surface area (Å²) in [5, 5.41) is 30.9. The predicted molar refractivity (Wildman–Crippen MR) is 368 cm³/mol. The molecular weight excluding hydrogens is 1270 g/mol. The lowest BCUT2D eigenvalue weighted by atomic mass is 9.95. The van der Waals surface area contributed by atoms with Crippen molar-refractivity contribution in [2.24, 2.45) is 0 Å². The molecule has 0 spiro atoms. The van der Waals surface area contributed by atoms with Crippen LogP contribution in [0.4, 0.5) is 4.39 Å². The van der Waals surface area contributed by atoms with Gasteiger partial charge in [0.15, 0.2) is 0 Å². The first-order chi connectivity index (χ1) is 47.6. The van der Waals surface area contributed by atoms with Gasteiger partial charge < -0.3 is 75.9 Å². The van der Waals surface area contributed by atoms with E-state index in [-0.39, 0.29) is 62.9 Å². The van der Waals surface area contributed by atoms with E-state index in [0.717, 1.165) is 35.3 Å². The molecule has 8 bridgehead atoms. The molecule has 25 heteroatoms. The van der Waals surface area contributed by atoms with Crippen LogP contribution in [0.15, 0.2) is 97.2 Å². The van der Waals surface area contributed by atoms with Crippen LogP contribution in [-0.4, -0.2) is 185 Å². The normalized spacial score (nSPS) is 23.2. The number of benzene rings is 4. The first-order valence-corrected chi connectivity index (χ1v) is 34.8. The maximum Gasteiger partial charge on any atom is 0.246 e. The van der Waals surface area contributed by atoms with Gasteiger partial charge in [-0.2, -0.15) is 0 Å². The lowest BCUT2D eigenvalue weighted by molar-refractivity contribution is -0.146. The minimum atomic E-state index is -1.48. The molecule has 4 aliphatic heterocycles. The Kier molecular flexibility index (Phi) is 26.3. The zero-order valence-corrected chi connectivity index (χ0v) is 57.4. The molecule has 1 unspecified atom stereocenters. The number of nitrogens with zero attached hydrogens (tertiary/aromatic N) is 4. The molecule has 4 aromatic carbocycles. The van der Waals surface area contributed by atoms with Crippen molar-refractivity contribution in [2.45, 2.75) is 197 Å². The van der Waals surface area contributed by atoms with Crippen LogP contribution in [0.2, 0.25) is 0 Å². The molecule has 0 radical (unpaired) electrons. The van der Waals surface area contributed by atoms with Crippen LogP contribution in [0.1, 0.15) is 131 Å². The zero-order chi connectivity index (χ0) is 70.8. The van der Waals surface area contributed by atoms with Crippen LogP contribution >= 0.6 is 0 Å². The van der Waals surface area contributed by atoms with Gasteiger partial charge in [-0.05, 0) is 149 Å². The van der Waals surface area contributed by atoms with E-state index >= 15 is 14.0 Å². The average Bonchev–Trinajstić information content (AvgIpc) is 1.68. The number of hydrogen-bond donors (Lipinski definition) is 8. The highest BCUT2D eigenvalue weighted by molar-refractivity contribution is 5.98. The molecule has 0 aliphatic carbocycles. The Morgan fingerprint density at radius 1 is 0.788 bits per heavy atom. The van der Waals surface area contributed by atoms with Crippen molar-refractivity contribution in [2.75, 3.05) is 46.9 Å². The fourth-order valence-corrected chi connectivity index (χ4v) is 13.7. The van der Waals surface area contributed by atoms with Crippen LogP contribution in [0, 0.1) is 5.82 Å². The van der Waals surface area contributed by atoms with E-state index in [4.69, 9.17) is 9.47 Å². The number of carbonyl (C=O) groups is 10. The number of aromatic nitrogens is 1. The second kappa shape index (κ2) is 35.1. The quantitative estimate of drug-likeness (QED) is 0.0684. The number of likely N-dealkylation sites (N-methyl/N-ethyl adjacent to an activating group) is 1. The molecule has 24 nitrogen and oxygen atoms in total. The molecule has 9 rings (SSSR count). The van der Waals surface area contributed by atoms with Crippen molar-refractivity contribution in [3.63, 3.8) is 0 Å². The smallest absolute Gasteiger partial charge is 0.246 e. The number of amides is 9. The Hall–Kier alpha value is -9.07. The molecule has 99 heavy (non-hydrogen) atoms. The van der Waals surface area contributed by atoms with Gasteiger partial charge in [0.25, 0.3) is 0 Å². The van der Waals surface area contributed by atoms with E-state index in [0.29, 0.717) is 124 Å². The van der Waals surface area contributed by atoms with E-state index in [1.54, 1.807) is 49.4 Å². The van der Waals surface area contributed by atoms with Crippen LogP contribution < -0.4 is 42.0 Å². The molecule has 532 valence electrons. The zero-order valence-electron chi connectivity index (χ0n) is 57.4. The number of aliphatic hydroxyl groups is 1. The first kappa shape index (κ1) is 74.2. The fourth-order valence-electron chi connectivity index (χ4n) is 13.7. The van der Waals surface area contributed by atoms with Gasteiger partial charge in [-0.15, -0.1) is 0 Å². The average molecular weight is 1370 g/mol. The summed E-state index contributed by atoms with van der Waals surface area (Å²) in [5.74, 6) is -4.25. The molecule has 9 amide bonds. The summed E-state index contributed by atoms with van der Waals surface area (Å²) >= 11 is 0. The number of aryl methyl sites for hydroxylation is 1. The summed E-state index contributed by atoms with van der Waals surface area (Å²) in [6.45, 7) is 6.24. The fraction of sp³-hybridized carbons (Fsp3) is 0.514. The molecule has 9 atom stereocenters. The molecule has 5 heterocycles.